The molecule has 3 aromatic rings. The second kappa shape index (κ2) is 8.38. The van der Waals surface area contributed by atoms with E-state index in [1.165, 1.54) is 27.5 Å². The summed E-state index contributed by atoms with van der Waals surface area (Å²) in [6.45, 7) is 4.37. The molecule has 1 amide bonds. The summed E-state index contributed by atoms with van der Waals surface area (Å²) in [6.07, 6.45) is 3.95. The van der Waals surface area contributed by atoms with E-state index in [0.29, 0.717) is 5.56 Å². The molecule has 1 N–H and O–H groups in total. The van der Waals surface area contributed by atoms with Crippen LogP contribution in [0.3, 0.4) is 0 Å². The summed E-state index contributed by atoms with van der Waals surface area (Å²) < 4.78 is 5.39. The van der Waals surface area contributed by atoms with Crippen molar-refractivity contribution in [2.45, 2.75) is 19.4 Å². The van der Waals surface area contributed by atoms with Gasteiger partial charge in [-0.1, -0.05) is 42.5 Å². The molecule has 3 aromatic carbocycles. The predicted octanol–water partition coefficient (Wildman–Crippen LogP) is 3.53. The molecule has 1 aliphatic heterocycles. The average Bonchev–Trinajstić information content (AvgIpc) is 3.21. The summed E-state index contributed by atoms with van der Waals surface area (Å²) in [4.78, 5) is 14.8. The van der Waals surface area contributed by atoms with E-state index < -0.39 is 0 Å². The molecular formula is C25H25N3O2. The van der Waals surface area contributed by atoms with Gasteiger partial charge in [0.15, 0.2) is 0 Å². The summed E-state index contributed by atoms with van der Waals surface area (Å²) in [5.74, 6) is -0.199. The highest BCUT2D eigenvalue weighted by molar-refractivity contribution is 6.03. The third kappa shape index (κ3) is 3.86. The first-order chi connectivity index (χ1) is 14.8. The number of hydrogen-bond donors (Lipinski definition) is 1. The second-order valence-corrected chi connectivity index (χ2v) is 7.94. The highest BCUT2D eigenvalue weighted by atomic mass is 16.5. The Bertz CT molecular complexity index is 1090. The Labute approximate surface area is 176 Å². The summed E-state index contributed by atoms with van der Waals surface area (Å²) in [5, 5.41) is 6.77. The second-order valence-electron chi connectivity index (χ2n) is 7.94. The van der Waals surface area contributed by atoms with E-state index in [0.717, 1.165) is 51.3 Å². The number of hydrazone groups is 1. The van der Waals surface area contributed by atoms with Crippen LogP contribution in [0.4, 0.5) is 0 Å². The van der Waals surface area contributed by atoms with Crippen LogP contribution in [0.25, 0.3) is 10.8 Å². The highest BCUT2D eigenvalue weighted by Gasteiger charge is 2.15. The molecule has 1 aliphatic carbocycles. The standard InChI is InChI=1S/C25H25N3O2/c29-25(21-6-4-18(5-7-21)17-28-12-14-30-15-13-28)27-26-16-22-11-10-20-9-8-19-2-1-3-23(22)24(19)20/h1-7,10-11,16H,8-9,12-15,17H2,(H,27,29)/b26-16-. The van der Waals surface area contributed by atoms with Crippen molar-refractivity contribution in [3.63, 3.8) is 0 Å². The molecule has 1 saturated heterocycles. The van der Waals surface area contributed by atoms with Gasteiger partial charge in [0.25, 0.3) is 5.91 Å². The van der Waals surface area contributed by atoms with E-state index >= 15 is 0 Å². The van der Waals surface area contributed by atoms with Crippen LogP contribution in [-0.4, -0.2) is 43.3 Å². The summed E-state index contributed by atoms with van der Waals surface area (Å²) in [7, 11) is 0. The Morgan fingerprint density at radius 2 is 1.77 bits per heavy atom. The zero-order valence-corrected chi connectivity index (χ0v) is 16.9. The third-order valence-electron chi connectivity index (χ3n) is 6.01. The number of morpholine rings is 1. The fourth-order valence-corrected chi connectivity index (χ4v) is 4.39. The maximum Gasteiger partial charge on any atom is 0.271 e. The lowest BCUT2D eigenvalue weighted by molar-refractivity contribution is 0.0342. The number of amides is 1. The minimum absolute atomic E-state index is 0.199. The van der Waals surface area contributed by atoms with E-state index in [9.17, 15) is 4.79 Å². The maximum atomic E-state index is 12.5. The Balaban J connectivity index is 1.24. The molecule has 0 aromatic heterocycles. The van der Waals surface area contributed by atoms with Gasteiger partial charge in [0.05, 0.1) is 19.4 Å². The van der Waals surface area contributed by atoms with Crippen molar-refractivity contribution in [3.8, 4) is 0 Å². The van der Waals surface area contributed by atoms with E-state index in [-0.39, 0.29) is 5.91 Å². The molecule has 5 rings (SSSR count). The molecular weight excluding hydrogens is 374 g/mol. The van der Waals surface area contributed by atoms with Gasteiger partial charge in [0.1, 0.15) is 0 Å². The lowest BCUT2D eigenvalue weighted by Crippen LogP contribution is -2.35. The number of hydrogen-bond acceptors (Lipinski definition) is 4. The topological polar surface area (TPSA) is 53.9 Å². The fraction of sp³-hybridized carbons (Fsp3) is 0.280. The van der Waals surface area contributed by atoms with E-state index in [4.69, 9.17) is 4.74 Å². The predicted molar refractivity (Wildman–Crippen MR) is 119 cm³/mol. The fourth-order valence-electron chi connectivity index (χ4n) is 4.39. The Hall–Kier alpha value is -3.02. The molecule has 1 heterocycles. The van der Waals surface area contributed by atoms with Gasteiger partial charge in [-0.25, -0.2) is 5.43 Å². The minimum Gasteiger partial charge on any atom is -0.379 e. The number of carbonyl (C=O) groups is 1. The number of nitrogens with one attached hydrogen (secondary N) is 1. The molecule has 0 atom stereocenters. The van der Waals surface area contributed by atoms with Crippen molar-refractivity contribution < 1.29 is 9.53 Å². The van der Waals surface area contributed by atoms with Gasteiger partial charge < -0.3 is 4.74 Å². The maximum absolute atomic E-state index is 12.5. The molecule has 2 aliphatic rings. The molecule has 0 bridgehead atoms. The quantitative estimate of drug-likeness (QED) is 0.527. The minimum atomic E-state index is -0.199. The van der Waals surface area contributed by atoms with Crippen molar-refractivity contribution >= 4 is 22.9 Å². The van der Waals surface area contributed by atoms with Crippen LogP contribution in [0.2, 0.25) is 0 Å². The van der Waals surface area contributed by atoms with E-state index in [1.807, 2.05) is 24.3 Å². The third-order valence-corrected chi connectivity index (χ3v) is 6.01. The molecule has 1 fully saturated rings. The number of carbonyl (C=O) groups excluding carboxylic acids is 1. The molecule has 0 spiro atoms. The number of aryl methyl sites for hydroxylation is 2. The monoisotopic (exact) mass is 399 g/mol. The average molecular weight is 399 g/mol. The number of benzene rings is 3. The van der Waals surface area contributed by atoms with Crippen molar-refractivity contribution in [1.82, 2.24) is 10.3 Å². The van der Waals surface area contributed by atoms with Crippen molar-refractivity contribution in [2.75, 3.05) is 26.3 Å². The van der Waals surface area contributed by atoms with Crippen LogP contribution in [0.5, 0.6) is 0 Å². The highest BCUT2D eigenvalue weighted by Crippen LogP contribution is 2.32. The molecule has 0 unspecified atom stereocenters. The Kier molecular flexibility index (Phi) is 5.30. The van der Waals surface area contributed by atoms with E-state index in [1.54, 1.807) is 6.21 Å². The molecule has 152 valence electrons. The van der Waals surface area contributed by atoms with Gasteiger partial charge in [0.2, 0.25) is 0 Å². The van der Waals surface area contributed by atoms with Crippen molar-refractivity contribution in [1.29, 1.82) is 0 Å². The SMILES string of the molecule is O=C(N/N=C\c1ccc2c3c(cccc13)CC2)c1ccc(CN2CCOCC2)cc1. The van der Waals surface area contributed by atoms with Gasteiger partial charge in [0, 0.05) is 30.8 Å². The van der Waals surface area contributed by atoms with Gasteiger partial charge in [-0.05, 0) is 52.4 Å². The number of ether oxygens (including phenoxy) is 1. The zero-order valence-electron chi connectivity index (χ0n) is 16.9. The van der Waals surface area contributed by atoms with Gasteiger partial charge >= 0.3 is 0 Å². The Morgan fingerprint density at radius 3 is 2.57 bits per heavy atom. The zero-order chi connectivity index (χ0) is 20.3. The van der Waals surface area contributed by atoms with Crippen LogP contribution in [0.1, 0.15) is 32.6 Å². The van der Waals surface area contributed by atoms with Gasteiger partial charge in [-0.3, -0.25) is 9.69 Å². The molecule has 0 radical (unpaired) electrons. The summed E-state index contributed by atoms with van der Waals surface area (Å²) in [6, 6.07) is 18.4. The molecule has 30 heavy (non-hydrogen) atoms. The first-order valence-corrected chi connectivity index (χ1v) is 10.5. The summed E-state index contributed by atoms with van der Waals surface area (Å²) in [5.41, 5.74) is 8.30. The van der Waals surface area contributed by atoms with Crippen LogP contribution >= 0.6 is 0 Å². The van der Waals surface area contributed by atoms with Crippen LogP contribution in [0, 0.1) is 0 Å². The first kappa shape index (κ1) is 19.0. The van der Waals surface area contributed by atoms with Crippen LogP contribution in [-0.2, 0) is 24.1 Å². The molecule has 0 saturated carbocycles. The Morgan fingerprint density at radius 1 is 1.00 bits per heavy atom. The van der Waals surface area contributed by atoms with Crippen molar-refractivity contribution in [3.05, 3.63) is 82.4 Å². The lowest BCUT2D eigenvalue weighted by Gasteiger charge is -2.26. The van der Waals surface area contributed by atoms with Crippen LogP contribution in [0.15, 0.2) is 59.7 Å². The van der Waals surface area contributed by atoms with E-state index in [2.05, 4.69) is 45.8 Å². The normalized spacial score (nSPS) is 16.4. The smallest absolute Gasteiger partial charge is 0.271 e. The lowest BCUT2D eigenvalue weighted by atomic mass is 10.0. The van der Waals surface area contributed by atoms with Crippen molar-refractivity contribution in [2.24, 2.45) is 5.10 Å². The summed E-state index contributed by atoms with van der Waals surface area (Å²) >= 11 is 0. The van der Waals surface area contributed by atoms with Gasteiger partial charge in [-0.2, -0.15) is 5.10 Å². The molecule has 5 nitrogen and oxygen atoms in total. The number of rotatable bonds is 5. The first-order valence-electron chi connectivity index (χ1n) is 10.5. The largest absolute Gasteiger partial charge is 0.379 e. The van der Waals surface area contributed by atoms with Crippen LogP contribution < -0.4 is 5.43 Å². The number of nitrogens with zero attached hydrogens (tertiary/aromatic N) is 2. The van der Waals surface area contributed by atoms with Gasteiger partial charge in [-0.15, -0.1) is 0 Å². The molecule has 5 heteroatoms.